The van der Waals surface area contributed by atoms with Crippen molar-refractivity contribution in [3.8, 4) is 0 Å². The number of amides is 3. The van der Waals surface area contributed by atoms with E-state index in [2.05, 4.69) is 15.3 Å². The molecule has 8 heteroatoms. The normalized spacial score (nSPS) is 17.2. The van der Waals surface area contributed by atoms with E-state index in [9.17, 15) is 14.4 Å². The highest BCUT2D eigenvalue weighted by Crippen LogP contribution is 2.45. The molecule has 0 aliphatic carbocycles. The standard InChI is InChI=1S/C27H23N5O3/c1-16(24-29-20-11-5-6-12-21(20)30-24)28-23(33)14-15-31-25-17-8-2-3-9-18(17)27(35)32(25)22-13-7-4-10-19(22)26(31)34/h2-13,16,25H,14-15H2,1H3,(H,28,33)(H,29,30). The third-order valence-electron chi connectivity index (χ3n) is 6.66. The van der Waals surface area contributed by atoms with Crippen molar-refractivity contribution in [3.05, 3.63) is 95.3 Å². The molecule has 0 fully saturated rings. The lowest BCUT2D eigenvalue weighted by Crippen LogP contribution is -2.49. The van der Waals surface area contributed by atoms with Gasteiger partial charge in [-0.25, -0.2) is 4.98 Å². The molecule has 2 N–H and O–H groups in total. The minimum Gasteiger partial charge on any atom is -0.346 e. The molecule has 6 rings (SSSR count). The number of para-hydroxylation sites is 3. The van der Waals surface area contributed by atoms with Crippen molar-refractivity contribution in [2.24, 2.45) is 0 Å². The average molecular weight is 466 g/mol. The third-order valence-corrected chi connectivity index (χ3v) is 6.66. The number of nitrogens with zero attached hydrogens (tertiary/aromatic N) is 3. The summed E-state index contributed by atoms with van der Waals surface area (Å²) in [5, 5.41) is 2.97. The average Bonchev–Trinajstić information content (AvgIpc) is 3.44. The lowest BCUT2D eigenvalue weighted by atomic mass is 10.0. The Labute approximate surface area is 201 Å². The Hall–Kier alpha value is -4.46. The number of hydrogen-bond donors (Lipinski definition) is 2. The molecule has 2 aliphatic rings. The third kappa shape index (κ3) is 3.37. The molecule has 0 saturated carbocycles. The van der Waals surface area contributed by atoms with Crippen LogP contribution in [0.2, 0.25) is 0 Å². The van der Waals surface area contributed by atoms with Crippen LogP contribution in [0, 0.1) is 0 Å². The van der Waals surface area contributed by atoms with Crippen LogP contribution in [-0.2, 0) is 4.79 Å². The summed E-state index contributed by atoms with van der Waals surface area (Å²) in [5.74, 6) is 0.140. The fourth-order valence-electron chi connectivity index (χ4n) is 4.98. The Kier molecular flexibility index (Phi) is 4.88. The Balaban J connectivity index is 1.23. The first-order valence-electron chi connectivity index (χ1n) is 11.6. The summed E-state index contributed by atoms with van der Waals surface area (Å²) < 4.78 is 0. The van der Waals surface area contributed by atoms with Crippen molar-refractivity contribution in [2.75, 3.05) is 11.4 Å². The predicted molar refractivity (Wildman–Crippen MR) is 131 cm³/mol. The van der Waals surface area contributed by atoms with Gasteiger partial charge in [-0.15, -0.1) is 0 Å². The van der Waals surface area contributed by atoms with Crippen LogP contribution in [0.3, 0.4) is 0 Å². The lowest BCUT2D eigenvalue weighted by molar-refractivity contribution is -0.122. The second-order valence-electron chi connectivity index (χ2n) is 8.83. The molecular formula is C27H23N5O3. The van der Waals surface area contributed by atoms with Gasteiger partial charge in [0, 0.05) is 24.1 Å². The second-order valence-corrected chi connectivity index (χ2v) is 8.83. The van der Waals surface area contributed by atoms with Crippen molar-refractivity contribution < 1.29 is 14.4 Å². The molecule has 2 unspecified atom stereocenters. The zero-order valence-electron chi connectivity index (χ0n) is 19.1. The highest BCUT2D eigenvalue weighted by atomic mass is 16.2. The van der Waals surface area contributed by atoms with E-state index in [0.717, 1.165) is 16.6 Å². The maximum Gasteiger partial charge on any atom is 0.260 e. The molecule has 3 heterocycles. The Morgan fingerprint density at radius 1 is 0.971 bits per heavy atom. The number of aromatic amines is 1. The zero-order valence-corrected chi connectivity index (χ0v) is 19.1. The van der Waals surface area contributed by atoms with Crippen molar-refractivity contribution in [2.45, 2.75) is 25.6 Å². The largest absolute Gasteiger partial charge is 0.346 e. The van der Waals surface area contributed by atoms with Crippen molar-refractivity contribution >= 4 is 34.4 Å². The molecule has 1 aromatic heterocycles. The topological polar surface area (TPSA) is 98.4 Å². The van der Waals surface area contributed by atoms with E-state index in [1.165, 1.54) is 0 Å². The number of aromatic nitrogens is 2. The Morgan fingerprint density at radius 2 is 1.69 bits per heavy atom. The van der Waals surface area contributed by atoms with Gasteiger partial charge in [-0.05, 0) is 37.3 Å². The number of H-pyrrole nitrogens is 1. The van der Waals surface area contributed by atoms with Crippen molar-refractivity contribution in [1.82, 2.24) is 20.2 Å². The van der Waals surface area contributed by atoms with Gasteiger partial charge in [0.15, 0.2) is 0 Å². The van der Waals surface area contributed by atoms with Crippen molar-refractivity contribution in [3.63, 3.8) is 0 Å². The number of fused-ring (bicyclic) bond motifs is 6. The van der Waals surface area contributed by atoms with E-state index in [1.54, 1.807) is 34.1 Å². The molecule has 3 aromatic carbocycles. The highest BCUT2D eigenvalue weighted by molar-refractivity contribution is 6.16. The number of rotatable bonds is 5. The molecule has 0 radical (unpaired) electrons. The molecule has 174 valence electrons. The first kappa shape index (κ1) is 21.1. The summed E-state index contributed by atoms with van der Waals surface area (Å²) in [7, 11) is 0. The summed E-state index contributed by atoms with van der Waals surface area (Å²) in [6.45, 7) is 2.04. The summed E-state index contributed by atoms with van der Waals surface area (Å²) >= 11 is 0. The van der Waals surface area contributed by atoms with Gasteiger partial charge < -0.3 is 15.2 Å². The van der Waals surface area contributed by atoms with E-state index >= 15 is 0 Å². The van der Waals surface area contributed by atoms with Crippen LogP contribution in [0.4, 0.5) is 5.69 Å². The van der Waals surface area contributed by atoms with Gasteiger partial charge in [0.25, 0.3) is 11.8 Å². The fourth-order valence-corrected chi connectivity index (χ4v) is 4.98. The number of nitrogens with one attached hydrogen (secondary N) is 2. The molecule has 35 heavy (non-hydrogen) atoms. The van der Waals surface area contributed by atoms with E-state index in [0.29, 0.717) is 22.6 Å². The highest BCUT2D eigenvalue weighted by Gasteiger charge is 2.47. The first-order chi connectivity index (χ1) is 17.0. The van der Waals surface area contributed by atoms with Gasteiger partial charge in [0.05, 0.1) is 28.3 Å². The molecule has 2 atom stereocenters. The van der Waals surface area contributed by atoms with Crippen LogP contribution in [0.5, 0.6) is 0 Å². The zero-order chi connectivity index (χ0) is 24.1. The van der Waals surface area contributed by atoms with E-state index < -0.39 is 6.17 Å². The van der Waals surface area contributed by atoms with Crippen LogP contribution < -0.4 is 10.2 Å². The number of carbonyl (C=O) groups is 3. The number of carbonyl (C=O) groups excluding carboxylic acids is 3. The summed E-state index contributed by atoms with van der Waals surface area (Å²) in [5.41, 5.74) is 4.16. The molecule has 0 spiro atoms. The number of hydrogen-bond acceptors (Lipinski definition) is 4. The van der Waals surface area contributed by atoms with Crippen LogP contribution in [-0.4, -0.2) is 39.1 Å². The predicted octanol–water partition coefficient (Wildman–Crippen LogP) is 3.95. The lowest BCUT2D eigenvalue weighted by Gasteiger charge is -2.40. The smallest absolute Gasteiger partial charge is 0.260 e. The summed E-state index contributed by atoms with van der Waals surface area (Å²) in [4.78, 5) is 50.7. The van der Waals surface area contributed by atoms with E-state index in [1.807, 2.05) is 55.5 Å². The fraction of sp³-hybridized carbons (Fsp3) is 0.185. The number of benzene rings is 3. The van der Waals surface area contributed by atoms with E-state index in [4.69, 9.17) is 0 Å². The monoisotopic (exact) mass is 465 g/mol. The first-order valence-corrected chi connectivity index (χ1v) is 11.6. The van der Waals surface area contributed by atoms with Gasteiger partial charge in [-0.1, -0.05) is 42.5 Å². The van der Waals surface area contributed by atoms with Gasteiger partial charge in [-0.2, -0.15) is 0 Å². The maximum atomic E-state index is 13.5. The van der Waals surface area contributed by atoms with Crippen LogP contribution in [0.25, 0.3) is 11.0 Å². The van der Waals surface area contributed by atoms with E-state index in [-0.39, 0.29) is 36.7 Å². The SMILES string of the molecule is CC(NC(=O)CCN1C(=O)c2ccccc2N2C(=O)c3ccccc3C12)c1nc2ccccc2[nH]1. The van der Waals surface area contributed by atoms with Crippen LogP contribution >= 0.6 is 0 Å². The maximum absolute atomic E-state index is 13.5. The van der Waals surface area contributed by atoms with Crippen LogP contribution in [0.1, 0.15) is 57.7 Å². The quantitative estimate of drug-likeness (QED) is 0.466. The minimum absolute atomic E-state index is 0.0964. The van der Waals surface area contributed by atoms with Crippen LogP contribution in [0.15, 0.2) is 72.8 Å². The molecule has 2 aliphatic heterocycles. The van der Waals surface area contributed by atoms with Gasteiger partial charge in [-0.3, -0.25) is 19.3 Å². The molecule has 0 saturated heterocycles. The van der Waals surface area contributed by atoms with Crippen molar-refractivity contribution in [1.29, 1.82) is 0 Å². The van der Waals surface area contributed by atoms with Gasteiger partial charge in [0.2, 0.25) is 5.91 Å². The van der Waals surface area contributed by atoms with Gasteiger partial charge >= 0.3 is 0 Å². The van der Waals surface area contributed by atoms with Gasteiger partial charge in [0.1, 0.15) is 12.0 Å². The second kappa shape index (κ2) is 8.09. The summed E-state index contributed by atoms with van der Waals surface area (Å²) in [6, 6.07) is 21.8. The molecule has 0 bridgehead atoms. The molecule has 3 amide bonds. The molecule has 8 nitrogen and oxygen atoms in total. The summed E-state index contributed by atoms with van der Waals surface area (Å²) in [6.07, 6.45) is -0.471. The number of imidazole rings is 1. The molecular weight excluding hydrogens is 442 g/mol. The molecule has 4 aromatic rings. The Bertz CT molecular complexity index is 1460. The number of anilines is 1. The Morgan fingerprint density at radius 3 is 2.51 bits per heavy atom. The minimum atomic E-state index is -0.568.